The summed E-state index contributed by atoms with van der Waals surface area (Å²) in [5.74, 6) is 0.892. The van der Waals surface area contributed by atoms with Gasteiger partial charge in [-0.05, 0) is 49.1 Å². The summed E-state index contributed by atoms with van der Waals surface area (Å²) in [6, 6.07) is 8.17. The van der Waals surface area contributed by atoms with E-state index in [4.69, 9.17) is 10.5 Å². The molecule has 1 aromatic rings. The first-order valence-electron chi connectivity index (χ1n) is 6.66. The van der Waals surface area contributed by atoms with Gasteiger partial charge in [0.1, 0.15) is 5.75 Å². The lowest BCUT2D eigenvalue weighted by Crippen LogP contribution is -2.40. The zero-order chi connectivity index (χ0) is 13.6. The molecule has 0 unspecified atom stereocenters. The SMILES string of the molecule is CCC(CC)(CN)CN(C)c1ccc(OC)cc1. The maximum absolute atomic E-state index is 5.95. The van der Waals surface area contributed by atoms with E-state index in [0.717, 1.165) is 31.7 Å². The smallest absolute Gasteiger partial charge is 0.119 e. The third-order valence-electron chi connectivity index (χ3n) is 4.02. The van der Waals surface area contributed by atoms with Crippen molar-refractivity contribution in [1.82, 2.24) is 0 Å². The van der Waals surface area contributed by atoms with E-state index in [1.165, 1.54) is 5.69 Å². The number of methoxy groups -OCH3 is 1. The minimum Gasteiger partial charge on any atom is -0.497 e. The predicted octanol–water partition coefficient (Wildman–Crippen LogP) is 2.90. The van der Waals surface area contributed by atoms with E-state index in [9.17, 15) is 0 Å². The maximum Gasteiger partial charge on any atom is 0.119 e. The molecule has 1 aromatic carbocycles. The van der Waals surface area contributed by atoms with Gasteiger partial charge in [0.2, 0.25) is 0 Å². The van der Waals surface area contributed by atoms with E-state index in [1.807, 2.05) is 12.1 Å². The molecule has 0 atom stereocenters. The number of nitrogens with two attached hydrogens (primary N) is 1. The Kier molecular flexibility index (Phi) is 5.48. The molecule has 3 heteroatoms. The number of benzene rings is 1. The number of hydrogen-bond acceptors (Lipinski definition) is 3. The second-order valence-electron chi connectivity index (χ2n) is 4.97. The monoisotopic (exact) mass is 250 g/mol. The number of anilines is 1. The Morgan fingerprint density at radius 1 is 1.17 bits per heavy atom. The van der Waals surface area contributed by atoms with E-state index < -0.39 is 0 Å². The average molecular weight is 250 g/mol. The van der Waals surface area contributed by atoms with Crippen LogP contribution in [0.4, 0.5) is 5.69 Å². The van der Waals surface area contributed by atoms with E-state index in [0.29, 0.717) is 0 Å². The van der Waals surface area contributed by atoms with Gasteiger partial charge in [-0.15, -0.1) is 0 Å². The molecule has 0 aliphatic carbocycles. The molecule has 3 nitrogen and oxygen atoms in total. The molecule has 0 saturated carbocycles. The van der Waals surface area contributed by atoms with Crippen molar-refractivity contribution < 1.29 is 4.74 Å². The van der Waals surface area contributed by atoms with Gasteiger partial charge in [0, 0.05) is 19.3 Å². The summed E-state index contributed by atoms with van der Waals surface area (Å²) in [5, 5.41) is 0. The summed E-state index contributed by atoms with van der Waals surface area (Å²) in [4.78, 5) is 2.28. The van der Waals surface area contributed by atoms with Gasteiger partial charge in [-0.3, -0.25) is 0 Å². The van der Waals surface area contributed by atoms with E-state index in [-0.39, 0.29) is 5.41 Å². The number of ether oxygens (including phenoxy) is 1. The van der Waals surface area contributed by atoms with Crippen LogP contribution in [0, 0.1) is 5.41 Å². The van der Waals surface area contributed by atoms with Crippen LogP contribution in [0.15, 0.2) is 24.3 Å². The Bertz CT molecular complexity index is 336. The Hall–Kier alpha value is -1.22. The molecule has 0 spiro atoms. The molecule has 0 radical (unpaired) electrons. The van der Waals surface area contributed by atoms with Gasteiger partial charge < -0.3 is 15.4 Å². The number of rotatable bonds is 7. The number of nitrogens with zero attached hydrogens (tertiary/aromatic N) is 1. The zero-order valence-corrected chi connectivity index (χ0v) is 12.1. The van der Waals surface area contributed by atoms with Crippen LogP contribution in [0.25, 0.3) is 0 Å². The molecule has 0 bridgehead atoms. The fourth-order valence-corrected chi connectivity index (χ4v) is 2.26. The van der Waals surface area contributed by atoms with Crippen molar-refractivity contribution >= 4 is 5.69 Å². The summed E-state index contributed by atoms with van der Waals surface area (Å²) in [6.07, 6.45) is 2.22. The van der Waals surface area contributed by atoms with Gasteiger partial charge in [0.05, 0.1) is 7.11 Å². The lowest BCUT2D eigenvalue weighted by atomic mass is 9.82. The largest absolute Gasteiger partial charge is 0.497 e. The molecule has 0 fully saturated rings. The van der Waals surface area contributed by atoms with E-state index in [1.54, 1.807) is 7.11 Å². The highest BCUT2D eigenvalue weighted by molar-refractivity contribution is 5.48. The van der Waals surface area contributed by atoms with Crippen molar-refractivity contribution in [2.24, 2.45) is 11.1 Å². The van der Waals surface area contributed by atoms with Crippen molar-refractivity contribution in [3.8, 4) is 5.75 Å². The molecular weight excluding hydrogens is 224 g/mol. The highest BCUT2D eigenvalue weighted by Crippen LogP contribution is 2.28. The quantitative estimate of drug-likeness (QED) is 0.808. The minimum absolute atomic E-state index is 0.217. The van der Waals surface area contributed by atoms with Crippen LogP contribution in [0.5, 0.6) is 5.75 Å². The van der Waals surface area contributed by atoms with Crippen molar-refractivity contribution in [2.45, 2.75) is 26.7 Å². The van der Waals surface area contributed by atoms with Gasteiger partial charge in [-0.25, -0.2) is 0 Å². The standard InChI is InChI=1S/C15H26N2O/c1-5-15(6-2,11-16)12-17(3)13-7-9-14(18-4)10-8-13/h7-10H,5-6,11-12,16H2,1-4H3. The first kappa shape index (κ1) is 14.8. The molecule has 0 aliphatic heterocycles. The first-order valence-corrected chi connectivity index (χ1v) is 6.66. The molecule has 102 valence electrons. The van der Waals surface area contributed by atoms with Gasteiger partial charge in [0.25, 0.3) is 0 Å². The van der Waals surface area contributed by atoms with Crippen molar-refractivity contribution in [3.05, 3.63) is 24.3 Å². The highest BCUT2D eigenvalue weighted by atomic mass is 16.5. The van der Waals surface area contributed by atoms with Crippen LogP contribution in [0.3, 0.4) is 0 Å². The minimum atomic E-state index is 0.217. The van der Waals surface area contributed by atoms with Crippen molar-refractivity contribution in [2.75, 3.05) is 32.1 Å². The summed E-state index contributed by atoms with van der Waals surface area (Å²) in [5.41, 5.74) is 7.38. The van der Waals surface area contributed by atoms with Crippen LogP contribution in [-0.4, -0.2) is 27.2 Å². The van der Waals surface area contributed by atoms with Crippen LogP contribution in [0.1, 0.15) is 26.7 Å². The Labute approximate surface area is 111 Å². The van der Waals surface area contributed by atoms with E-state index >= 15 is 0 Å². The molecule has 0 aromatic heterocycles. The van der Waals surface area contributed by atoms with Gasteiger partial charge in [-0.1, -0.05) is 13.8 Å². The van der Waals surface area contributed by atoms with Gasteiger partial charge in [-0.2, -0.15) is 0 Å². The molecule has 0 amide bonds. The fourth-order valence-electron chi connectivity index (χ4n) is 2.26. The van der Waals surface area contributed by atoms with Crippen LogP contribution < -0.4 is 15.4 Å². The summed E-state index contributed by atoms with van der Waals surface area (Å²) in [6.45, 7) is 6.17. The molecule has 1 rings (SSSR count). The van der Waals surface area contributed by atoms with Crippen LogP contribution >= 0.6 is 0 Å². The van der Waals surface area contributed by atoms with Crippen molar-refractivity contribution in [3.63, 3.8) is 0 Å². The molecule has 0 heterocycles. The average Bonchev–Trinajstić information content (AvgIpc) is 2.45. The lowest BCUT2D eigenvalue weighted by molar-refractivity contribution is 0.281. The topological polar surface area (TPSA) is 38.5 Å². The second-order valence-corrected chi connectivity index (χ2v) is 4.97. The molecular formula is C15H26N2O. The Morgan fingerprint density at radius 2 is 1.72 bits per heavy atom. The third kappa shape index (κ3) is 3.39. The maximum atomic E-state index is 5.95. The van der Waals surface area contributed by atoms with Crippen LogP contribution in [0.2, 0.25) is 0 Å². The molecule has 0 saturated heterocycles. The fraction of sp³-hybridized carbons (Fsp3) is 0.600. The van der Waals surface area contributed by atoms with Gasteiger partial charge >= 0.3 is 0 Å². The predicted molar refractivity (Wildman–Crippen MR) is 78.3 cm³/mol. The highest BCUT2D eigenvalue weighted by Gasteiger charge is 2.26. The lowest BCUT2D eigenvalue weighted by Gasteiger charge is -2.35. The summed E-state index contributed by atoms with van der Waals surface area (Å²) < 4.78 is 5.17. The molecule has 18 heavy (non-hydrogen) atoms. The summed E-state index contributed by atoms with van der Waals surface area (Å²) >= 11 is 0. The van der Waals surface area contributed by atoms with Crippen LogP contribution in [-0.2, 0) is 0 Å². The van der Waals surface area contributed by atoms with Gasteiger partial charge in [0.15, 0.2) is 0 Å². The van der Waals surface area contributed by atoms with E-state index in [2.05, 4.69) is 37.9 Å². The third-order valence-corrected chi connectivity index (χ3v) is 4.02. The Balaban J connectivity index is 2.76. The second kappa shape index (κ2) is 6.64. The zero-order valence-electron chi connectivity index (χ0n) is 12.1. The first-order chi connectivity index (χ1) is 8.60. The Morgan fingerprint density at radius 3 is 2.11 bits per heavy atom. The molecule has 0 aliphatic rings. The summed E-state index contributed by atoms with van der Waals surface area (Å²) in [7, 11) is 3.81. The van der Waals surface area contributed by atoms with Crippen molar-refractivity contribution in [1.29, 1.82) is 0 Å². The number of hydrogen-bond donors (Lipinski definition) is 1. The molecule has 2 N–H and O–H groups in total. The normalized spacial score (nSPS) is 11.4.